The van der Waals surface area contributed by atoms with Crippen LogP contribution in [0, 0.1) is 0 Å². The van der Waals surface area contributed by atoms with Gasteiger partial charge >= 0.3 is 0 Å². The van der Waals surface area contributed by atoms with Gasteiger partial charge in [0.25, 0.3) is 0 Å². The van der Waals surface area contributed by atoms with E-state index in [0.29, 0.717) is 5.69 Å². The van der Waals surface area contributed by atoms with E-state index in [-0.39, 0.29) is 18.0 Å². The number of hydrogen-bond acceptors (Lipinski definition) is 4. The zero-order valence-corrected chi connectivity index (χ0v) is 15.8. The van der Waals surface area contributed by atoms with E-state index in [9.17, 15) is 16.8 Å². The fourth-order valence-corrected chi connectivity index (χ4v) is 4.32. The third kappa shape index (κ3) is 5.29. The lowest BCUT2D eigenvalue weighted by Gasteiger charge is -2.22. The van der Waals surface area contributed by atoms with Crippen LogP contribution >= 0.6 is 0 Å². The molecule has 0 unspecified atom stereocenters. The summed E-state index contributed by atoms with van der Waals surface area (Å²) in [7, 11) is -7.19. The molecule has 6 nitrogen and oxygen atoms in total. The maximum atomic E-state index is 12.2. The number of nitrogens with zero attached hydrogens (tertiary/aromatic N) is 1. The first-order valence-corrected chi connectivity index (χ1v) is 11.2. The second-order valence-electron chi connectivity index (χ2n) is 5.57. The molecule has 0 heterocycles. The van der Waals surface area contributed by atoms with Crippen molar-refractivity contribution < 1.29 is 16.8 Å². The highest BCUT2D eigenvalue weighted by molar-refractivity contribution is 7.92. The van der Waals surface area contributed by atoms with Crippen molar-refractivity contribution in [2.75, 3.05) is 23.7 Å². The van der Waals surface area contributed by atoms with E-state index >= 15 is 0 Å². The molecule has 0 aromatic heterocycles. The van der Waals surface area contributed by atoms with Gasteiger partial charge in [-0.1, -0.05) is 37.3 Å². The Kier molecular flexibility index (Phi) is 6.21. The molecule has 0 saturated carbocycles. The number of hydrogen-bond donors (Lipinski definition) is 1. The molecule has 0 radical (unpaired) electrons. The average Bonchev–Trinajstić information content (AvgIpc) is 2.59. The smallest absolute Gasteiger partial charge is 0.240 e. The van der Waals surface area contributed by atoms with Gasteiger partial charge in [0.2, 0.25) is 20.0 Å². The van der Waals surface area contributed by atoms with Crippen LogP contribution in [0.5, 0.6) is 0 Å². The minimum absolute atomic E-state index is 0.0103. The number of aryl methyl sites for hydroxylation is 1. The van der Waals surface area contributed by atoms with Gasteiger partial charge in [-0.3, -0.25) is 4.31 Å². The van der Waals surface area contributed by atoms with Gasteiger partial charge in [-0.15, -0.1) is 0 Å². The van der Waals surface area contributed by atoms with Crippen molar-refractivity contribution in [1.29, 1.82) is 0 Å². The summed E-state index contributed by atoms with van der Waals surface area (Å²) in [6.45, 7) is 2.00. The third-order valence-electron chi connectivity index (χ3n) is 3.69. The molecule has 0 fully saturated rings. The van der Waals surface area contributed by atoms with E-state index in [1.165, 1.54) is 16.4 Å². The first-order chi connectivity index (χ1) is 11.7. The molecule has 2 aromatic rings. The largest absolute Gasteiger partial charge is 0.269 e. The Hall–Kier alpha value is -1.90. The second-order valence-corrected chi connectivity index (χ2v) is 9.24. The summed E-state index contributed by atoms with van der Waals surface area (Å²) in [5.74, 6) is 0. The Balaban J connectivity index is 2.11. The molecule has 1 N–H and O–H groups in total. The average molecular weight is 383 g/mol. The summed E-state index contributed by atoms with van der Waals surface area (Å²) >= 11 is 0. The molecule has 0 saturated heterocycles. The minimum atomic E-state index is -3.67. The van der Waals surface area contributed by atoms with Crippen molar-refractivity contribution in [2.45, 2.75) is 18.2 Å². The van der Waals surface area contributed by atoms with Gasteiger partial charge in [-0.2, -0.15) is 0 Å². The molecular weight excluding hydrogens is 360 g/mol. The molecule has 0 aliphatic rings. The minimum Gasteiger partial charge on any atom is -0.269 e. The normalized spacial score (nSPS) is 12.1. The van der Waals surface area contributed by atoms with Gasteiger partial charge < -0.3 is 0 Å². The van der Waals surface area contributed by atoms with Crippen LogP contribution in [0.4, 0.5) is 5.69 Å². The summed E-state index contributed by atoms with van der Waals surface area (Å²) < 4.78 is 52.2. The first-order valence-electron chi connectivity index (χ1n) is 7.85. The summed E-state index contributed by atoms with van der Waals surface area (Å²) in [5.41, 5.74) is 1.61. The molecule has 8 heteroatoms. The van der Waals surface area contributed by atoms with Crippen LogP contribution in [-0.4, -0.2) is 36.2 Å². The molecule has 2 rings (SSSR count). The van der Waals surface area contributed by atoms with Crippen LogP contribution in [0.15, 0.2) is 59.5 Å². The van der Waals surface area contributed by atoms with E-state index in [4.69, 9.17) is 0 Å². The van der Waals surface area contributed by atoms with Crippen LogP contribution < -0.4 is 9.03 Å². The van der Waals surface area contributed by atoms with E-state index < -0.39 is 20.0 Å². The molecule has 0 bridgehead atoms. The van der Waals surface area contributed by atoms with Gasteiger partial charge in [-0.05, 0) is 36.2 Å². The molecule has 0 aliphatic heterocycles. The molecule has 0 aliphatic carbocycles. The van der Waals surface area contributed by atoms with Crippen LogP contribution in [0.25, 0.3) is 0 Å². The van der Waals surface area contributed by atoms with Crippen LogP contribution in [0.2, 0.25) is 0 Å². The second kappa shape index (κ2) is 7.99. The van der Waals surface area contributed by atoms with Crippen LogP contribution in [0.3, 0.4) is 0 Å². The maximum absolute atomic E-state index is 12.2. The van der Waals surface area contributed by atoms with E-state index in [0.717, 1.165) is 18.2 Å². The van der Waals surface area contributed by atoms with Gasteiger partial charge in [0.15, 0.2) is 0 Å². The Morgan fingerprint density at radius 3 is 2.04 bits per heavy atom. The molecule has 25 heavy (non-hydrogen) atoms. The number of anilines is 1. The van der Waals surface area contributed by atoms with E-state index in [1.54, 1.807) is 30.3 Å². The van der Waals surface area contributed by atoms with Crippen molar-refractivity contribution in [3.8, 4) is 0 Å². The zero-order chi connectivity index (χ0) is 18.5. The summed E-state index contributed by atoms with van der Waals surface area (Å²) in [5, 5.41) is 0. The van der Waals surface area contributed by atoms with Crippen LogP contribution in [0.1, 0.15) is 12.5 Å². The number of sulfonamides is 2. The quantitative estimate of drug-likeness (QED) is 0.757. The summed E-state index contributed by atoms with van der Waals surface area (Å²) in [6, 6.07) is 15.1. The van der Waals surface area contributed by atoms with Crippen molar-refractivity contribution >= 4 is 25.7 Å². The first kappa shape index (κ1) is 19.4. The Morgan fingerprint density at radius 2 is 1.52 bits per heavy atom. The Labute approximate surface area is 149 Å². The maximum Gasteiger partial charge on any atom is 0.240 e. The Bertz CT molecular complexity index is 893. The molecule has 2 aromatic carbocycles. The fourth-order valence-electron chi connectivity index (χ4n) is 2.35. The highest BCUT2D eigenvalue weighted by Gasteiger charge is 2.19. The number of benzene rings is 2. The van der Waals surface area contributed by atoms with Gasteiger partial charge in [0.1, 0.15) is 0 Å². The number of nitrogens with one attached hydrogen (secondary N) is 1. The van der Waals surface area contributed by atoms with Crippen molar-refractivity contribution in [2.24, 2.45) is 0 Å². The lowest BCUT2D eigenvalue weighted by Crippen LogP contribution is -2.38. The monoisotopic (exact) mass is 382 g/mol. The van der Waals surface area contributed by atoms with Crippen molar-refractivity contribution in [1.82, 2.24) is 4.72 Å². The van der Waals surface area contributed by atoms with Gasteiger partial charge in [0, 0.05) is 13.1 Å². The predicted octanol–water partition coefficient (Wildman–Crippen LogP) is 1.99. The van der Waals surface area contributed by atoms with Gasteiger partial charge in [-0.25, -0.2) is 21.6 Å². The highest BCUT2D eigenvalue weighted by atomic mass is 32.2. The number of rotatable bonds is 8. The molecule has 0 amide bonds. The summed E-state index contributed by atoms with van der Waals surface area (Å²) in [4.78, 5) is 0.146. The van der Waals surface area contributed by atoms with E-state index in [1.807, 2.05) is 19.1 Å². The lowest BCUT2D eigenvalue weighted by molar-refractivity contribution is 0.578. The zero-order valence-electron chi connectivity index (χ0n) is 14.2. The van der Waals surface area contributed by atoms with E-state index in [2.05, 4.69) is 4.72 Å². The predicted molar refractivity (Wildman–Crippen MR) is 99.6 cm³/mol. The van der Waals surface area contributed by atoms with Crippen LogP contribution in [-0.2, 0) is 26.5 Å². The Morgan fingerprint density at radius 1 is 0.920 bits per heavy atom. The van der Waals surface area contributed by atoms with Crippen molar-refractivity contribution in [3.05, 3.63) is 60.2 Å². The SMILES string of the molecule is CCc1ccc(N(CCNS(=O)(=O)c2ccccc2)S(C)(=O)=O)cc1. The highest BCUT2D eigenvalue weighted by Crippen LogP contribution is 2.18. The fraction of sp³-hybridized carbons (Fsp3) is 0.294. The molecular formula is C17H22N2O4S2. The summed E-state index contributed by atoms with van der Waals surface area (Å²) in [6.07, 6.45) is 1.96. The topological polar surface area (TPSA) is 83.6 Å². The molecule has 0 atom stereocenters. The molecule has 0 spiro atoms. The standard InChI is InChI=1S/C17H22N2O4S2/c1-3-15-9-11-16(12-10-15)19(24(2,20)21)14-13-18-25(22,23)17-7-5-4-6-8-17/h4-12,18H,3,13-14H2,1-2H3. The molecule has 136 valence electrons. The lowest BCUT2D eigenvalue weighted by atomic mass is 10.1. The van der Waals surface area contributed by atoms with Gasteiger partial charge in [0.05, 0.1) is 16.8 Å². The third-order valence-corrected chi connectivity index (χ3v) is 6.36. The van der Waals surface area contributed by atoms with Crippen molar-refractivity contribution in [3.63, 3.8) is 0 Å².